The summed E-state index contributed by atoms with van der Waals surface area (Å²) in [5.74, 6) is 1.61. The number of furan rings is 1. The number of benzene rings is 1. The molecule has 1 fully saturated rings. The monoisotopic (exact) mass is 281 g/mol. The fourth-order valence-corrected chi connectivity index (χ4v) is 2.80. The lowest BCUT2D eigenvalue weighted by atomic mass is 10.1. The average Bonchev–Trinajstić information content (AvgIpc) is 2.96. The van der Waals surface area contributed by atoms with E-state index in [4.69, 9.17) is 4.42 Å². The van der Waals surface area contributed by atoms with Crippen molar-refractivity contribution in [2.45, 2.75) is 13.0 Å². The minimum absolute atomic E-state index is 0.281. The summed E-state index contributed by atoms with van der Waals surface area (Å²) in [6, 6.07) is 16.3. The molecule has 108 valence electrons. The van der Waals surface area contributed by atoms with Crippen molar-refractivity contribution in [1.82, 2.24) is 4.90 Å². The molecule has 1 unspecified atom stereocenters. The molecule has 2 heterocycles. The van der Waals surface area contributed by atoms with Crippen LogP contribution < -0.4 is 4.90 Å². The van der Waals surface area contributed by atoms with E-state index in [1.807, 2.05) is 25.1 Å². The maximum atomic E-state index is 9.46. The van der Waals surface area contributed by atoms with Crippen LogP contribution in [0, 0.1) is 18.3 Å². The molecule has 4 nitrogen and oxygen atoms in total. The molecule has 1 aromatic heterocycles. The Morgan fingerprint density at radius 2 is 1.76 bits per heavy atom. The summed E-state index contributed by atoms with van der Waals surface area (Å²) in [7, 11) is 0. The molecule has 1 atom stereocenters. The first-order valence-corrected chi connectivity index (χ1v) is 7.28. The number of hydrogen-bond acceptors (Lipinski definition) is 4. The Morgan fingerprint density at radius 3 is 2.33 bits per heavy atom. The summed E-state index contributed by atoms with van der Waals surface area (Å²) in [5.41, 5.74) is 1.25. The van der Waals surface area contributed by atoms with Gasteiger partial charge < -0.3 is 9.32 Å². The smallest absolute Gasteiger partial charge is 0.156 e. The van der Waals surface area contributed by atoms with Crippen molar-refractivity contribution in [2.75, 3.05) is 31.1 Å². The third-order valence-corrected chi connectivity index (χ3v) is 3.95. The zero-order valence-electron chi connectivity index (χ0n) is 12.2. The van der Waals surface area contributed by atoms with E-state index in [0.29, 0.717) is 0 Å². The fourth-order valence-electron chi connectivity index (χ4n) is 2.80. The highest BCUT2D eigenvalue weighted by molar-refractivity contribution is 5.46. The minimum atomic E-state index is -0.281. The molecule has 1 aliphatic heterocycles. The molecule has 0 aliphatic carbocycles. The third-order valence-electron chi connectivity index (χ3n) is 3.95. The highest BCUT2D eigenvalue weighted by Gasteiger charge is 2.26. The van der Waals surface area contributed by atoms with Crippen LogP contribution in [0.2, 0.25) is 0 Å². The normalized spacial score (nSPS) is 17.4. The molecule has 0 bridgehead atoms. The van der Waals surface area contributed by atoms with Gasteiger partial charge in [0.05, 0.1) is 6.07 Å². The van der Waals surface area contributed by atoms with Crippen LogP contribution in [-0.2, 0) is 0 Å². The van der Waals surface area contributed by atoms with Crippen molar-refractivity contribution in [3.8, 4) is 6.07 Å². The fraction of sp³-hybridized carbons (Fsp3) is 0.353. The summed E-state index contributed by atoms with van der Waals surface area (Å²) < 4.78 is 5.62. The van der Waals surface area contributed by atoms with E-state index in [2.05, 4.69) is 40.1 Å². The van der Waals surface area contributed by atoms with Gasteiger partial charge in [0.1, 0.15) is 11.5 Å². The van der Waals surface area contributed by atoms with Crippen LogP contribution >= 0.6 is 0 Å². The van der Waals surface area contributed by atoms with E-state index in [9.17, 15) is 5.26 Å². The summed E-state index contributed by atoms with van der Waals surface area (Å²) in [5, 5.41) is 9.46. The number of rotatable bonds is 3. The molecular formula is C17H19N3O. The molecule has 0 spiro atoms. The average molecular weight is 281 g/mol. The number of piperazine rings is 1. The van der Waals surface area contributed by atoms with Gasteiger partial charge in [-0.05, 0) is 31.2 Å². The molecule has 0 N–H and O–H groups in total. The van der Waals surface area contributed by atoms with Crippen LogP contribution in [0.25, 0.3) is 0 Å². The first kappa shape index (κ1) is 13.7. The number of aryl methyl sites for hydroxylation is 1. The van der Waals surface area contributed by atoms with Crippen molar-refractivity contribution in [3.05, 3.63) is 54.0 Å². The van der Waals surface area contributed by atoms with Gasteiger partial charge in [0, 0.05) is 31.9 Å². The topological polar surface area (TPSA) is 43.4 Å². The van der Waals surface area contributed by atoms with Crippen molar-refractivity contribution in [2.24, 2.45) is 0 Å². The van der Waals surface area contributed by atoms with E-state index < -0.39 is 0 Å². The standard InChI is InChI=1S/C17H19N3O/c1-14-7-8-17(21-14)16(13-18)20-11-9-19(10-12-20)15-5-3-2-4-6-15/h2-8,16H,9-12H2,1H3. The van der Waals surface area contributed by atoms with Crippen LogP contribution in [-0.4, -0.2) is 31.1 Å². The lowest BCUT2D eigenvalue weighted by Crippen LogP contribution is -2.47. The maximum Gasteiger partial charge on any atom is 0.156 e. The van der Waals surface area contributed by atoms with Gasteiger partial charge in [0.25, 0.3) is 0 Å². The number of anilines is 1. The van der Waals surface area contributed by atoms with Gasteiger partial charge in [-0.2, -0.15) is 5.26 Å². The highest BCUT2D eigenvalue weighted by Crippen LogP contribution is 2.25. The van der Waals surface area contributed by atoms with Crippen LogP contribution in [0.15, 0.2) is 46.9 Å². The van der Waals surface area contributed by atoms with Crippen LogP contribution in [0.4, 0.5) is 5.69 Å². The van der Waals surface area contributed by atoms with Crippen LogP contribution in [0.1, 0.15) is 17.6 Å². The van der Waals surface area contributed by atoms with Gasteiger partial charge in [0.2, 0.25) is 0 Å². The Labute approximate surface area is 125 Å². The molecular weight excluding hydrogens is 262 g/mol. The van der Waals surface area contributed by atoms with Crippen molar-refractivity contribution in [3.63, 3.8) is 0 Å². The van der Waals surface area contributed by atoms with E-state index >= 15 is 0 Å². The highest BCUT2D eigenvalue weighted by atomic mass is 16.3. The molecule has 1 aliphatic rings. The van der Waals surface area contributed by atoms with E-state index in [1.54, 1.807) is 0 Å². The first-order valence-electron chi connectivity index (χ1n) is 7.28. The minimum Gasteiger partial charge on any atom is -0.464 e. The predicted molar refractivity (Wildman–Crippen MR) is 82.0 cm³/mol. The second-order valence-corrected chi connectivity index (χ2v) is 5.34. The quantitative estimate of drug-likeness (QED) is 0.867. The number of hydrogen-bond donors (Lipinski definition) is 0. The third kappa shape index (κ3) is 2.93. The Kier molecular flexibility index (Phi) is 3.94. The van der Waals surface area contributed by atoms with E-state index in [0.717, 1.165) is 37.7 Å². The molecule has 2 aromatic rings. The molecule has 1 saturated heterocycles. The molecule has 21 heavy (non-hydrogen) atoms. The zero-order valence-corrected chi connectivity index (χ0v) is 12.2. The van der Waals surface area contributed by atoms with Crippen LogP contribution in [0.3, 0.4) is 0 Å². The van der Waals surface area contributed by atoms with Gasteiger partial charge in [-0.15, -0.1) is 0 Å². The van der Waals surface area contributed by atoms with Gasteiger partial charge in [-0.1, -0.05) is 18.2 Å². The molecule has 0 amide bonds. The predicted octanol–water partition coefficient (Wildman–Crippen LogP) is 2.97. The van der Waals surface area contributed by atoms with E-state index in [-0.39, 0.29) is 6.04 Å². The molecule has 0 saturated carbocycles. The second kappa shape index (κ2) is 6.02. The summed E-state index contributed by atoms with van der Waals surface area (Å²) >= 11 is 0. The number of nitrogens with zero attached hydrogens (tertiary/aromatic N) is 3. The van der Waals surface area contributed by atoms with E-state index in [1.165, 1.54) is 5.69 Å². The van der Waals surface area contributed by atoms with Crippen molar-refractivity contribution >= 4 is 5.69 Å². The lowest BCUT2D eigenvalue weighted by molar-refractivity contribution is 0.201. The Balaban J connectivity index is 1.66. The number of para-hydroxylation sites is 1. The first-order chi connectivity index (χ1) is 10.3. The largest absolute Gasteiger partial charge is 0.464 e. The zero-order chi connectivity index (χ0) is 14.7. The van der Waals surface area contributed by atoms with Gasteiger partial charge in [-0.25, -0.2) is 0 Å². The summed E-state index contributed by atoms with van der Waals surface area (Å²) in [6.07, 6.45) is 0. The maximum absolute atomic E-state index is 9.46. The van der Waals surface area contributed by atoms with Crippen LogP contribution in [0.5, 0.6) is 0 Å². The van der Waals surface area contributed by atoms with Gasteiger partial charge >= 0.3 is 0 Å². The Bertz CT molecular complexity index is 621. The molecule has 4 heteroatoms. The Hall–Kier alpha value is -2.25. The molecule has 0 radical (unpaired) electrons. The van der Waals surface area contributed by atoms with Crippen molar-refractivity contribution < 1.29 is 4.42 Å². The SMILES string of the molecule is Cc1ccc(C(C#N)N2CCN(c3ccccc3)CC2)o1. The summed E-state index contributed by atoms with van der Waals surface area (Å²) in [6.45, 7) is 5.51. The Morgan fingerprint density at radius 1 is 1.05 bits per heavy atom. The summed E-state index contributed by atoms with van der Waals surface area (Å²) in [4.78, 5) is 4.55. The molecule has 1 aromatic carbocycles. The lowest BCUT2D eigenvalue weighted by Gasteiger charge is -2.37. The van der Waals surface area contributed by atoms with Gasteiger partial charge in [-0.3, -0.25) is 4.90 Å². The number of nitriles is 1. The van der Waals surface area contributed by atoms with Gasteiger partial charge in [0.15, 0.2) is 6.04 Å². The molecule has 3 rings (SSSR count). The van der Waals surface area contributed by atoms with Crippen molar-refractivity contribution in [1.29, 1.82) is 5.26 Å². The second-order valence-electron chi connectivity index (χ2n) is 5.34.